The first-order valence-corrected chi connectivity index (χ1v) is 6.93. The highest BCUT2D eigenvalue weighted by molar-refractivity contribution is 7.10. The molecule has 2 N–H and O–H groups in total. The Labute approximate surface area is 106 Å². The van der Waals surface area contributed by atoms with E-state index >= 15 is 0 Å². The number of aromatic carboxylic acids is 1. The third-order valence-electron chi connectivity index (χ3n) is 3.79. The Morgan fingerprint density at radius 1 is 1.59 bits per heavy atom. The molecule has 0 atom stereocenters. The third kappa shape index (κ3) is 2.87. The number of nitrogens with one attached hydrogen (secondary N) is 1. The van der Waals surface area contributed by atoms with Gasteiger partial charge < -0.3 is 10.4 Å². The minimum Gasteiger partial charge on any atom is -0.478 e. The summed E-state index contributed by atoms with van der Waals surface area (Å²) < 4.78 is 0. The average molecular weight is 253 g/mol. The Hall–Kier alpha value is -0.870. The highest BCUT2D eigenvalue weighted by Crippen LogP contribution is 2.51. The molecule has 2 rings (SSSR count). The van der Waals surface area contributed by atoms with Crippen LogP contribution in [0.15, 0.2) is 11.4 Å². The summed E-state index contributed by atoms with van der Waals surface area (Å²) in [7, 11) is 0. The molecule has 1 aromatic heterocycles. The number of hydrogen-bond donors (Lipinski definition) is 2. The van der Waals surface area contributed by atoms with Crippen molar-refractivity contribution in [2.75, 3.05) is 6.54 Å². The first-order chi connectivity index (χ1) is 8.03. The van der Waals surface area contributed by atoms with Gasteiger partial charge in [-0.25, -0.2) is 4.79 Å². The van der Waals surface area contributed by atoms with Crippen LogP contribution in [0.4, 0.5) is 0 Å². The average Bonchev–Trinajstić information content (AvgIpc) is 2.89. The van der Waals surface area contributed by atoms with Gasteiger partial charge in [0.2, 0.25) is 0 Å². The van der Waals surface area contributed by atoms with Crippen LogP contribution in [0.2, 0.25) is 0 Å². The zero-order valence-corrected chi connectivity index (χ0v) is 11.1. The molecular formula is C13H19NO2S. The molecular weight excluding hydrogens is 234 g/mol. The van der Waals surface area contributed by atoms with Crippen LogP contribution in [0.3, 0.4) is 0 Å². The lowest BCUT2D eigenvalue weighted by atomic mass is 9.92. The van der Waals surface area contributed by atoms with E-state index in [0.717, 1.165) is 23.9 Å². The maximum atomic E-state index is 10.7. The zero-order chi connectivity index (χ0) is 12.5. The molecule has 1 aromatic rings. The van der Waals surface area contributed by atoms with Crippen LogP contribution in [-0.2, 0) is 6.54 Å². The summed E-state index contributed by atoms with van der Waals surface area (Å²) >= 11 is 1.51. The van der Waals surface area contributed by atoms with Crippen molar-refractivity contribution in [1.29, 1.82) is 0 Å². The Balaban J connectivity index is 1.80. The monoisotopic (exact) mass is 253 g/mol. The van der Waals surface area contributed by atoms with Gasteiger partial charge in [-0.3, -0.25) is 0 Å². The first-order valence-electron chi connectivity index (χ1n) is 6.05. The highest BCUT2D eigenvalue weighted by Gasteiger charge is 2.44. The molecule has 0 bridgehead atoms. The number of carboxylic acid groups (broad SMARTS) is 1. The number of carboxylic acids is 1. The number of thiophene rings is 1. The van der Waals surface area contributed by atoms with E-state index < -0.39 is 5.97 Å². The molecule has 0 unspecified atom stereocenters. The van der Waals surface area contributed by atoms with E-state index in [1.807, 2.05) is 0 Å². The van der Waals surface area contributed by atoms with Crippen molar-refractivity contribution in [2.24, 2.45) is 11.3 Å². The minimum atomic E-state index is -0.839. The van der Waals surface area contributed by atoms with Gasteiger partial charge in [0.25, 0.3) is 0 Å². The van der Waals surface area contributed by atoms with Crippen molar-refractivity contribution >= 4 is 17.3 Å². The van der Waals surface area contributed by atoms with E-state index in [9.17, 15) is 4.79 Å². The van der Waals surface area contributed by atoms with E-state index in [1.54, 1.807) is 11.4 Å². The maximum absolute atomic E-state index is 10.7. The third-order valence-corrected chi connectivity index (χ3v) is 4.73. The molecule has 0 spiro atoms. The smallest absolute Gasteiger partial charge is 0.336 e. The number of hydrogen-bond acceptors (Lipinski definition) is 3. The number of rotatable bonds is 6. The Morgan fingerprint density at radius 3 is 2.76 bits per heavy atom. The molecule has 0 aliphatic heterocycles. The van der Waals surface area contributed by atoms with Crippen molar-refractivity contribution in [3.05, 3.63) is 21.9 Å². The van der Waals surface area contributed by atoms with Gasteiger partial charge in [-0.05, 0) is 30.2 Å². The number of carbonyl (C=O) groups is 1. The fourth-order valence-corrected chi connectivity index (χ4v) is 2.97. The van der Waals surface area contributed by atoms with Gasteiger partial charge in [0.1, 0.15) is 0 Å². The van der Waals surface area contributed by atoms with E-state index in [-0.39, 0.29) is 0 Å². The molecule has 1 heterocycles. The Morgan fingerprint density at radius 2 is 2.29 bits per heavy atom. The summed E-state index contributed by atoms with van der Waals surface area (Å²) in [5, 5.41) is 14.0. The van der Waals surface area contributed by atoms with Crippen LogP contribution in [0.25, 0.3) is 0 Å². The van der Waals surface area contributed by atoms with Gasteiger partial charge in [0.05, 0.1) is 5.56 Å². The second kappa shape index (κ2) is 4.78. The lowest BCUT2D eigenvalue weighted by Crippen LogP contribution is -2.26. The van der Waals surface area contributed by atoms with Gasteiger partial charge in [-0.1, -0.05) is 13.8 Å². The second-order valence-electron chi connectivity index (χ2n) is 5.23. The molecule has 94 valence electrons. The SMILES string of the molecule is CC(C)C1(CNCc2cc(C(=O)O)cs2)CC1. The molecule has 1 aliphatic carbocycles. The standard InChI is InChI=1S/C13H19NO2S/c1-9(2)13(3-4-13)8-14-6-11-5-10(7-17-11)12(15)16/h5,7,9,14H,3-4,6,8H2,1-2H3,(H,15,16). The molecule has 0 radical (unpaired) electrons. The van der Waals surface area contributed by atoms with Crippen LogP contribution in [0.5, 0.6) is 0 Å². The van der Waals surface area contributed by atoms with E-state index in [4.69, 9.17) is 5.11 Å². The Kier molecular flexibility index (Phi) is 3.54. The highest BCUT2D eigenvalue weighted by atomic mass is 32.1. The van der Waals surface area contributed by atoms with Gasteiger partial charge in [-0.15, -0.1) is 11.3 Å². The van der Waals surface area contributed by atoms with Gasteiger partial charge in [-0.2, -0.15) is 0 Å². The van der Waals surface area contributed by atoms with Crippen molar-refractivity contribution < 1.29 is 9.90 Å². The summed E-state index contributed by atoms with van der Waals surface area (Å²) in [6.45, 7) is 6.39. The molecule has 1 saturated carbocycles. The summed E-state index contributed by atoms with van der Waals surface area (Å²) in [5.74, 6) is -0.110. The molecule has 3 nitrogen and oxygen atoms in total. The van der Waals surface area contributed by atoms with Crippen LogP contribution >= 0.6 is 11.3 Å². The van der Waals surface area contributed by atoms with Crippen molar-refractivity contribution in [3.8, 4) is 0 Å². The topological polar surface area (TPSA) is 49.3 Å². The molecule has 0 amide bonds. The first kappa shape index (κ1) is 12.6. The lowest BCUT2D eigenvalue weighted by molar-refractivity contribution is 0.0697. The van der Waals surface area contributed by atoms with Crippen molar-refractivity contribution in [3.63, 3.8) is 0 Å². The van der Waals surface area contributed by atoms with E-state index in [0.29, 0.717) is 11.0 Å². The normalized spacial score (nSPS) is 17.4. The largest absolute Gasteiger partial charge is 0.478 e. The van der Waals surface area contributed by atoms with Crippen LogP contribution in [0.1, 0.15) is 41.9 Å². The Bertz CT molecular complexity index is 407. The van der Waals surface area contributed by atoms with Crippen LogP contribution in [-0.4, -0.2) is 17.6 Å². The van der Waals surface area contributed by atoms with Crippen LogP contribution < -0.4 is 5.32 Å². The van der Waals surface area contributed by atoms with Gasteiger partial charge in [0.15, 0.2) is 0 Å². The molecule has 0 aromatic carbocycles. The van der Waals surface area contributed by atoms with Gasteiger partial charge in [0, 0.05) is 23.3 Å². The van der Waals surface area contributed by atoms with E-state index in [1.165, 1.54) is 24.2 Å². The van der Waals surface area contributed by atoms with Crippen molar-refractivity contribution in [2.45, 2.75) is 33.2 Å². The minimum absolute atomic E-state index is 0.400. The maximum Gasteiger partial charge on any atom is 0.336 e. The summed E-state index contributed by atoms with van der Waals surface area (Å²) in [6.07, 6.45) is 2.64. The summed E-state index contributed by atoms with van der Waals surface area (Å²) in [5.41, 5.74) is 0.907. The summed E-state index contributed by atoms with van der Waals surface area (Å²) in [4.78, 5) is 11.8. The molecule has 1 aliphatic rings. The van der Waals surface area contributed by atoms with Gasteiger partial charge >= 0.3 is 5.97 Å². The predicted molar refractivity (Wildman–Crippen MR) is 69.5 cm³/mol. The van der Waals surface area contributed by atoms with Crippen LogP contribution in [0, 0.1) is 11.3 Å². The molecule has 1 fully saturated rings. The zero-order valence-electron chi connectivity index (χ0n) is 10.3. The molecule has 4 heteroatoms. The molecule has 0 saturated heterocycles. The van der Waals surface area contributed by atoms with Crippen molar-refractivity contribution in [1.82, 2.24) is 5.32 Å². The lowest BCUT2D eigenvalue weighted by Gasteiger charge is -2.19. The fourth-order valence-electron chi connectivity index (χ4n) is 2.14. The summed E-state index contributed by atoms with van der Waals surface area (Å²) in [6, 6.07) is 1.76. The predicted octanol–water partition coefficient (Wildman–Crippen LogP) is 2.97. The quantitative estimate of drug-likeness (QED) is 0.819. The second-order valence-corrected chi connectivity index (χ2v) is 6.22. The fraction of sp³-hybridized carbons (Fsp3) is 0.615. The molecule has 17 heavy (non-hydrogen) atoms. The van der Waals surface area contributed by atoms with E-state index in [2.05, 4.69) is 19.2 Å².